The van der Waals surface area contributed by atoms with Gasteiger partial charge in [0.15, 0.2) is 0 Å². The highest BCUT2D eigenvalue weighted by atomic mass is 15.1. The van der Waals surface area contributed by atoms with Crippen LogP contribution in [0.5, 0.6) is 0 Å². The lowest BCUT2D eigenvalue weighted by atomic mass is 9.91. The number of hydrogen-bond acceptors (Lipinski definition) is 2. The summed E-state index contributed by atoms with van der Waals surface area (Å²) in [5.41, 5.74) is 10.3. The summed E-state index contributed by atoms with van der Waals surface area (Å²) in [6.07, 6.45) is 3.80. The maximum atomic E-state index is 6.51. The zero-order valence-corrected chi connectivity index (χ0v) is 12.7. The fourth-order valence-corrected chi connectivity index (χ4v) is 3.31. The molecule has 2 aromatic rings. The summed E-state index contributed by atoms with van der Waals surface area (Å²) >= 11 is 0. The van der Waals surface area contributed by atoms with Crippen LogP contribution in [0.3, 0.4) is 0 Å². The second kappa shape index (κ2) is 6.42. The van der Waals surface area contributed by atoms with Gasteiger partial charge in [-0.25, -0.2) is 0 Å². The van der Waals surface area contributed by atoms with Gasteiger partial charge in [-0.3, -0.25) is 0 Å². The molecule has 0 saturated carbocycles. The first-order valence-electron chi connectivity index (χ1n) is 7.87. The largest absolute Gasteiger partial charge is 0.323 e. The van der Waals surface area contributed by atoms with E-state index in [9.17, 15) is 0 Å². The number of benzene rings is 2. The second-order valence-electron chi connectivity index (χ2n) is 6.06. The van der Waals surface area contributed by atoms with Gasteiger partial charge in [0.2, 0.25) is 0 Å². The van der Waals surface area contributed by atoms with Gasteiger partial charge in [-0.2, -0.15) is 0 Å². The van der Waals surface area contributed by atoms with Crippen LogP contribution in [-0.4, -0.2) is 24.5 Å². The number of rotatable bonds is 3. The molecule has 1 unspecified atom stereocenters. The van der Waals surface area contributed by atoms with Crippen LogP contribution < -0.4 is 5.73 Å². The molecule has 110 valence electrons. The molecule has 2 atom stereocenters. The fraction of sp³-hybridized carbons (Fsp3) is 0.368. The molecule has 0 aromatic heterocycles. The highest BCUT2D eigenvalue weighted by Crippen LogP contribution is 2.27. The van der Waals surface area contributed by atoms with Crippen molar-refractivity contribution in [3.05, 3.63) is 60.2 Å². The van der Waals surface area contributed by atoms with E-state index in [0.717, 1.165) is 0 Å². The van der Waals surface area contributed by atoms with Gasteiger partial charge >= 0.3 is 0 Å². The van der Waals surface area contributed by atoms with Crippen molar-refractivity contribution in [1.29, 1.82) is 0 Å². The summed E-state index contributed by atoms with van der Waals surface area (Å²) < 4.78 is 0. The van der Waals surface area contributed by atoms with Gasteiger partial charge in [0.05, 0.1) is 0 Å². The summed E-state index contributed by atoms with van der Waals surface area (Å²) in [5, 5.41) is 0. The normalized spacial score (nSPS) is 21.1. The molecule has 21 heavy (non-hydrogen) atoms. The van der Waals surface area contributed by atoms with Crippen LogP contribution in [0.15, 0.2) is 54.6 Å². The number of nitrogens with zero attached hydrogens (tertiary/aromatic N) is 1. The molecule has 1 saturated heterocycles. The first-order valence-corrected chi connectivity index (χ1v) is 7.87. The summed E-state index contributed by atoms with van der Waals surface area (Å²) in [7, 11) is 2.20. The number of nitrogens with two attached hydrogens (primary N) is 1. The molecule has 1 aliphatic heterocycles. The van der Waals surface area contributed by atoms with Crippen molar-refractivity contribution in [3.8, 4) is 11.1 Å². The van der Waals surface area contributed by atoms with Crippen molar-refractivity contribution in [2.24, 2.45) is 5.73 Å². The molecule has 2 aromatic carbocycles. The topological polar surface area (TPSA) is 29.3 Å². The van der Waals surface area contributed by atoms with E-state index >= 15 is 0 Å². The summed E-state index contributed by atoms with van der Waals surface area (Å²) in [4.78, 5) is 2.42. The van der Waals surface area contributed by atoms with Crippen LogP contribution >= 0.6 is 0 Å². The van der Waals surface area contributed by atoms with Gasteiger partial charge in [0, 0.05) is 12.1 Å². The van der Waals surface area contributed by atoms with Crippen LogP contribution in [0.4, 0.5) is 0 Å². The van der Waals surface area contributed by atoms with Crippen molar-refractivity contribution >= 4 is 0 Å². The third-order valence-corrected chi connectivity index (χ3v) is 4.64. The summed E-state index contributed by atoms with van der Waals surface area (Å²) in [6, 6.07) is 19.8. The monoisotopic (exact) mass is 280 g/mol. The Kier molecular flexibility index (Phi) is 4.37. The molecule has 0 radical (unpaired) electrons. The van der Waals surface area contributed by atoms with Crippen molar-refractivity contribution in [2.45, 2.75) is 31.3 Å². The number of hydrogen-bond donors (Lipinski definition) is 1. The molecular formula is C19H24N2. The van der Waals surface area contributed by atoms with Crippen LogP contribution in [0.2, 0.25) is 0 Å². The highest BCUT2D eigenvalue weighted by molar-refractivity contribution is 5.63. The smallest absolute Gasteiger partial charge is 0.0452 e. The predicted octanol–water partition coefficient (Wildman–Crippen LogP) is 3.84. The number of likely N-dealkylation sites (tertiary alicyclic amines) is 1. The van der Waals surface area contributed by atoms with Crippen LogP contribution in [-0.2, 0) is 0 Å². The van der Waals surface area contributed by atoms with Gasteiger partial charge in [0.1, 0.15) is 0 Å². The van der Waals surface area contributed by atoms with E-state index in [2.05, 4.69) is 60.5 Å². The van der Waals surface area contributed by atoms with E-state index in [1.807, 2.05) is 6.07 Å². The molecule has 0 bridgehead atoms. The van der Waals surface area contributed by atoms with Gasteiger partial charge in [-0.1, -0.05) is 61.0 Å². The van der Waals surface area contributed by atoms with Gasteiger partial charge in [-0.15, -0.1) is 0 Å². The van der Waals surface area contributed by atoms with E-state index < -0.39 is 0 Å². The average molecular weight is 280 g/mol. The first-order chi connectivity index (χ1) is 10.3. The first kappa shape index (κ1) is 14.3. The van der Waals surface area contributed by atoms with Crippen molar-refractivity contribution in [2.75, 3.05) is 13.6 Å². The third-order valence-electron chi connectivity index (χ3n) is 4.64. The minimum atomic E-state index is 0.111. The summed E-state index contributed by atoms with van der Waals surface area (Å²) in [6.45, 7) is 1.17. The Morgan fingerprint density at radius 3 is 2.29 bits per heavy atom. The van der Waals surface area contributed by atoms with Gasteiger partial charge < -0.3 is 10.6 Å². The Morgan fingerprint density at radius 2 is 1.62 bits per heavy atom. The maximum absolute atomic E-state index is 6.51. The Morgan fingerprint density at radius 1 is 0.952 bits per heavy atom. The molecule has 1 heterocycles. The highest BCUT2D eigenvalue weighted by Gasteiger charge is 2.25. The molecule has 3 rings (SSSR count). The van der Waals surface area contributed by atoms with Gasteiger partial charge in [-0.05, 0) is 43.1 Å². The molecule has 2 N–H and O–H groups in total. The molecule has 2 nitrogen and oxygen atoms in total. The maximum Gasteiger partial charge on any atom is 0.0452 e. The molecular weight excluding hydrogens is 256 g/mol. The van der Waals surface area contributed by atoms with Crippen molar-refractivity contribution in [1.82, 2.24) is 4.90 Å². The van der Waals surface area contributed by atoms with E-state index in [-0.39, 0.29) is 6.04 Å². The zero-order chi connectivity index (χ0) is 14.7. The minimum absolute atomic E-state index is 0.111. The Bertz CT molecular complexity index is 562. The Labute approximate surface area is 127 Å². The van der Waals surface area contributed by atoms with E-state index in [1.54, 1.807) is 0 Å². The van der Waals surface area contributed by atoms with E-state index in [1.165, 1.54) is 42.5 Å². The zero-order valence-electron chi connectivity index (χ0n) is 12.7. The molecule has 0 spiro atoms. The molecule has 0 aliphatic carbocycles. The van der Waals surface area contributed by atoms with Crippen molar-refractivity contribution in [3.63, 3.8) is 0 Å². The lowest BCUT2D eigenvalue weighted by Gasteiger charge is -2.36. The van der Waals surface area contributed by atoms with Crippen LogP contribution in [0.25, 0.3) is 11.1 Å². The molecule has 0 amide bonds. The Hall–Kier alpha value is -1.64. The standard InChI is InChI=1S/C19H24N2/c1-21-14-6-5-9-18(21)19(20)17-12-10-16(11-13-17)15-7-3-2-4-8-15/h2-4,7-8,10-13,18-19H,5-6,9,14,20H2,1H3/t18-,19?/m0/s1. The minimum Gasteiger partial charge on any atom is -0.323 e. The van der Waals surface area contributed by atoms with Crippen LogP contribution in [0.1, 0.15) is 30.9 Å². The summed E-state index contributed by atoms with van der Waals surface area (Å²) in [5.74, 6) is 0. The lowest BCUT2D eigenvalue weighted by molar-refractivity contribution is 0.160. The van der Waals surface area contributed by atoms with Crippen molar-refractivity contribution < 1.29 is 0 Å². The van der Waals surface area contributed by atoms with E-state index in [4.69, 9.17) is 5.73 Å². The molecule has 2 heteroatoms. The average Bonchev–Trinajstić information content (AvgIpc) is 2.56. The SMILES string of the molecule is CN1CCCC[C@H]1C(N)c1ccc(-c2ccccc2)cc1. The van der Waals surface area contributed by atoms with E-state index in [0.29, 0.717) is 6.04 Å². The van der Waals surface area contributed by atoms with Crippen LogP contribution in [0, 0.1) is 0 Å². The number of likely N-dealkylation sites (N-methyl/N-ethyl adjacent to an activating group) is 1. The second-order valence-corrected chi connectivity index (χ2v) is 6.06. The fourth-order valence-electron chi connectivity index (χ4n) is 3.31. The third kappa shape index (κ3) is 3.17. The quantitative estimate of drug-likeness (QED) is 0.925. The lowest BCUT2D eigenvalue weighted by Crippen LogP contribution is -2.43. The van der Waals surface area contributed by atoms with Gasteiger partial charge in [0.25, 0.3) is 0 Å². The molecule has 1 fully saturated rings. The predicted molar refractivity (Wildman–Crippen MR) is 89.1 cm³/mol. The number of piperidine rings is 1. The Balaban J connectivity index is 1.77. The molecule has 1 aliphatic rings.